The minimum absolute atomic E-state index is 0.0126. The van der Waals surface area contributed by atoms with Gasteiger partial charge >= 0.3 is 6.09 Å². The van der Waals surface area contributed by atoms with Gasteiger partial charge in [0.15, 0.2) is 11.6 Å². The molecule has 1 aliphatic heterocycles. The number of fused-ring (bicyclic) bond motifs is 1. The third kappa shape index (κ3) is 6.52. The van der Waals surface area contributed by atoms with Crippen LogP contribution in [0.4, 0.5) is 32.3 Å². The van der Waals surface area contributed by atoms with Gasteiger partial charge in [0.2, 0.25) is 11.9 Å². The Labute approximate surface area is 214 Å². The van der Waals surface area contributed by atoms with Gasteiger partial charge in [-0.25, -0.2) is 14.2 Å². The summed E-state index contributed by atoms with van der Waals surface area (Å²) in [6, 6.07) is 15.2. The molecule has 3 aromatic rings. The predicted molar refractivity (Wildman–Crippen MR) is 138 cm³/mol. The predicted octanol–water partition coefficient (Wildman–Crippen LogP) is 4.89. The monoisotopic (exact) mass is 504 g/mol. The Kier molecular flexibility index (Phi) is 7.43. The van der Waals surface area contributed by atoms with Crippen molar-refractivity contribution in [3.63, 3.8) is 0 Å². The lowest BCUT2D eigenvalue weighted by atomic mass is 9.91. The summed E-state index contributed by atoms with van der Waals surface area (Å²) < 4.78 is 19.8. The molecule has 1 aromatic heterocycles. The van der Waals surface area contributed by atoms with E-state index in [1.165, 1.54) is 0 Å². The molecule has 0 saturated heterocycles. The summed E-state index contributed by atoms with van der Waals surface area (Å²) in [6.45, 7) is 0.231. The van der Waals surface area contributed by atoms with Crippen LogP contribution in [-0.2, 0) is 22.6 Å². The van der Waals surface area contributed by atoms with Gasteiger partial charge in [0.1, 0.15) is 6.61 Å². The topological polar surface area (TPSA) is 117 Å². The molecule has 0 spiro atoms. The van der Waals surface area contributed by atoms with Crippen LogP contribution in [0.3, 0.4) is 0 Å². The number of nitrogens with one attached hydrogen (secondary N) is 4. The second-order valence-electron chi connectivity index (χ2n) is 9.33. The molecule has 1 saturated carbocycles. The Morgan fingerprint density at radius 1 is 1.05 bits per heavy atom. The van der Waals surface area contributed by atoms with Crippen molar-refractivity contribution in [3.05, 3.63) is 71.7 Å². The minimum Gasteiger partial charge on any atom is -0.445 e. The molecule has 0 bridgehead atoms. The zero-order valence-electron chi connectivity index (χ0n) is 20.3. The number of amides is 2. The molecule has 2 amide bonds. The highest BCUT2D eigenvalue weighted by atomic mass is 19.1. The summed E-state index contributed by atoms with van der Waals surface area (Å²) in [7, 11) is 0. The molecule has 2 heterocycles. The van der Waals surface area contributed by atoms with Gasteiger partial charge in [-0.2, -0.15) is 4.98 Å². The van der Waals surface area contributed by atoms with Crippen LogP contribution in [0.2, 0.25) is 0 Å². The Hall–Kier alpha value is -4.21. The summed E-state index contributed by atoms with van der Waals surface area (Å²) in [4.78, 5) is 32.1. The fourth-order valence-electron chi connectivity index (χ4n) is 4.63. The number of benzene rings is 2. The number of alkyl carbamates (subject to hydrolysis) is 1. The number of rotatable bonds is 7. The molecule has 2 aliphatic rings. The quantitative estimate of drug-likeness (QED) is 0.362. The molecule has 1 fully saturated rings. The van der Waals surface area contributed by atoms with Crippen LogP contribution < -0.4 is 21.3 Å². The molecule has 37 heavy (non-hydrogen) atoms. The number of carbonyl (C=O) groups is 2. The normalized spacial score (nSPS) is 18.8. The van der Waals surface area contributed by atoms with E-state index in [4.69, 9.17) is 4.74 Å². The minimum atomic E-state index is -0.525. The first-order chi connectivity index (χ1) is 18.0. The Morgan fingerprint density at radius 3 is 2.65 bits per heavy atom. The third-order valence-electron chi connectivity index (χ3n) is 6.60. The van der Waals surface area contributed by atoms with Gasteiger partial charge in [-0.05, 0) is 61.4 Å². The molecule has 2 aromatic carbocycles. The molecule has 192 valence electrons. The summed E-state index contributed by atoms with van der Waals surface area (Å²) in [5.74, 6) is -0.0938. The van der Waals surface area contributed by atoms with E-state index in [0.717, 1.165) is 54.4 Å². The van der Waals surface area contributed by atoms with Gasteiger partial charge in [0.25, 0.3) is 0 Å². The highest BCUT2D eigenvalue weighted by molar-refractivity contribution is 5.94. The van der Waals surface area contributed by atoms with Crippen LogP contribution in [0.1, 0.15) is 43.2 Å². The average Bonchev–Trinajstić information content (AvgIpc) is 2.91. The van der Waals surface area contributed by atoms with Crippen molar-refractivity contribution in [2.24, 2.45) is 0 Å². The van der Waals surface area contributed by atoms with Crippen molar-refractivity contribution in [2.45, 2.75) is 57.2 Å². The largest absolute Gasteiger partial charge is 0.445 e. The number of halogens is 1. The number of hydrogen-bond acceptors (Lipinski definition) is 7. The van der Waals surface area contributed by atoms with Crippen LogP contribution in [0.15, 0.2) is 54.7 Å². The summed E-state index contributed by atoms with van der Waals surface area (Å²) >= 11 is 0. The van der Waals surface area contributed by atoms with Crippen LogP contribution in [-0.4, -0.2) is 34.1 Å². The van der Waals surface area contributed by atoms with Crippen molar-refractivity contribution >= 4 is 35.1 Å². The summed E-state index contributed by atoms with van der Waals surface area (Å²) in [5.41, 5.74) is 3.53. The molecule has 1 aliphatic carbocycles. The SMILES string of the molecule is O=C1CCc2cc(Nc3ncc(F)c(N[C@H]4CC[C@@H](NC(=O)OCc5ccccc5)CC4)n3)ccc2N1. The molecule has 5 rings (SSSR count). The van der Waals surface area contributed by atoms with Crippen molar-refractivity contribution in [1.29, 1.82) is 0 Å². The number of carbonyl (C=O) groups excluding carboxylic acids is 2. The first-order valence-corrected chi connectivity index (χ1v) is 12.5. The number of nitrogens with zero attached hydrogens (tertiary/aromatic N) is 2. The standard InChI is InChI=1S/C27H29FN6O3/c28-22-15-29-26(31-21-11-12-23-18(14-21)6-13-24(35)33-23)34-25(22)30-19-7-9-20(10-8-19)32-27(36)37-16-17-4-2-1-3-5-17/h1-5,11-12,14-15,19-20H,6-10,13,16H2,(H,32,36)(H,33,35)(H2,29,30,31,34)/t19-,20+. The van der Waals surface area contributed by atoms with Gasteiger partial charge in [-0.15, -0.1) is 0 Å². The maximum atomic E-state index is 14.5. The van der Waals surface area contributed by atoms with E-state index < -0.39 is 11.9 Å². The smallest absolute Gasteiger partial charge is 0.407 e. The Bertz CT molecular complexity index is 1260. The number of ether oxygens (including phenoxy) is 1. The maximum Gasteiger partial charge on any atom is 0.407 e. The maximum absolute atomic E-state index is 14.5. The van der Waals surface area contributed by atoms with Gasteiger partial charge in [-0.3, -0.25) is 4.79 Å². The van der Waals surface area contributed by atoms with E-state index in [1.807, 2.05) is 48.5 Å². The van der Waals surface area contributed by atoms with Crippen molar-refractivity contribution in [1.82, 2.24) is 15.3 Å². The lowest BCUT2D eigenvalue weighted by Crippen LogP contribution is -2.40. The number of aryl methyl sites for hydroxylation is 1. The second-order valence-corrected chi connectivity index (χ2v) is 9.33. The van der Waals surface area contributed by atoms with Crippen LogP contribution >= 0.6 is 0 Å². The number of aromatic nitrogens is 2. The van der Waals surface area contributed by atoms with E-state index in [-0.39, 0.29) is 36.4 Å². The zero-order chi connectivity index (χ0) is 25.6. The molecule has 0 atom stereocenters. The van der Waals surface area contributed by atoms with Gasteiger partial charge < -0.3 is 26.0 Å². The average molecular weight is 505 g/mol. The Balaban J connectivity index is 1.11. The molecule has 0 unspecified atom stereocenters. The van der Waals surface area contributed by atoms with Gasteiger partial charge in [0.05, 0.1) is 6.20 Å². The van der Waals surface area contributed by atoms with E-state index in [1.54, 1.807) is 0 Å². The van der Waals surface area contributed by atoms with Crippen molar-refractivity contribution in [2.75, 3.05) is 16.0 Å². The lowest BCUT2D eigenvalue weighted by Gasteiger charge is -2.29. The zero-order valence-corrected chi connectivity index (χ0v) is 20.3. The van der Waals surface area contributed by atoms with Crippen LogP contribution in [0, 0.1) is 5.82 Å². The summed E-state index contributed by atoms with van der Waals surface area (Å²) in [6.07, 6.45) is 4.84. The first-order valence-electron chi connectivity index (χ1n) is 12.5. The van der Waals surface area contributed by atoms with Crippen molar-refractivity contribution < 1.29 is 18.7 Å². The molecule has 0 radical (unpaired) electrons. The Morgan fingerprint density at radius 2 is 1.84 bits per heavy atom. The third-order valence-corrected chi connectivity index (χ3v) is 6.60. The molecular formula is C27H29FN6O3. The molecule has 9 nitrogen and oxygen atoms in total. The van der Waals surface area contributed by atoms with Crippen LogP contribution in [0.25, 0.3) is 0 Å². The van der Waals surface area contributed by atoms with Gasteiger partial charge in [0, 0.05) is 29.9 Å². The van der Waals surface area contributed by atoms with Crippen molar-refractivity contribution in [3.8, 4) is 0 Å². The fourth-order valence-corrected chi connectivity index (χ4v) is 4.63. The number of anilines is 4. The van der Waals surface area contributed by atoms with E-state index >= 15 is 0 Å². The fraction of sp³-hybridized carbons (Fsp3) is 0.333. The lowest BCUT2D eigenvalue weighted by molar-refractivity contribution is -0.116. The first kappa shape index (κ1) is 24.5. The molecule has 10 heteroatoms. The van der Waals surface area contributed by atoms with E-state index in [0.29, 0.717) is 12.8 Å². The second kappa shape index (κ2) is 11.2. The van der Waals surface area contributed by atoms with E-state index in [9.17, 15) is 14.0 Å². The molecule has 4 N–H and O–H groups in total. The van der Waals surface area contributed by atoms with Crippen LogP contribution in [0.5, 0.6) is 0 Å². The van der Waals surface area contributed by atoms with Gasteiger partial charge in [-0.1, -0.05) is 30.3 Å². The highest BCUT2D eigenvalue weighted by Crippen LogP contribution is 2.28. The molecular weight excluding hydrogens is 475 g/mol. The van der Waals surface area contributed by atoms with E-state index in [2.05, 4.69) is 31.2 Å². The summed E-state index contributed by atoms with van der Waals surface area (Å²) in [5, 5.41) is 12.1. The number of hydrogen-bond donors (Lipinski definition) is 4. The highest BCUT2D eigenvalue weighted by Gasteiger charge is 2.24.